The molecule has 1 aliphatic carbocycles. The molecule has 1 saturated carbocycles. The maximum absolute atomic E-state index is 16.1. The number of alkyl halides is 2. The summed E-state index contributed by atoms with van der Waals surface area (Å²) in [6.45, 7) is 4.44. The van der Waals surface area contributed by atoms with Crippen LogP contribution in [0.1, 0.15) is 70.1 Å². The van der Waals surface area contributed by atoms with E-state index in [9.17, 15) is 19.2 Å². The Hall–Kier alpha value is -6.31. The van der Waals surface area contributed by atoms with Crippen LogP contribution in [-0.2, 0) is 22.5 Å². The maximum Gasteiger partial charge on any atom is 0.328 e. The summed E-state index contributed by atoms with van der Waals surface area (Å²) in [5.74, 6) is -4.49. The lowest BCUT2D eigenvalue weighted by Gasteiger charge is -2.57. The van der Waals surface area contributed by atoms with Crippen molar-refractivity contribution in [2.45, 2.75) is 70.6 Å². The Kier molecular flexibility index (Phi) is 11.4. The van der Waals surface area contributed by atoms with Gasteiger partial charge in [-0.05, 0) is 80.5 Å². The molecule has 2 atom stereocenters. The first-order chi connectivity index (χ1) is 32.2. The maximum atomic E-state index is 16.1. The van der Waals surface area contributed by atoms with E-state index in [0.29, 0.717) is 59.1 Å². The highest BCUT2D eigenvalue weighted by Crippen LogP contribution is 2.51. The summed E-state index contributed by atoms with van der Waals surface area (Å²) < 4.78 is 55.6. The molecule has 4 fully saturated rings. The number of anilines is 4. The number of imide groups is 1. The van der Waals surface area contributed by atoms with Gasteiger partial charge >= 0.3 is 6.03 Å². The van der Waals surface area contributed by atoms with Crippen molar-refractivity contribution in [2.75, 3.05) is 68.0 Å². The molecule has 0 bridgehead atoms. The SMILES string of the molecule is CCO[C@@H]1CCC1NC(=O)c1cnc2c(NC)cc(N3CCc4c(-c5ncc(CN6CC7(CCN(C(=O)c8cc(C)c(Cl)c(N9CCC(=O)NC9=O)c8)CC7(F)F)C6)cc5F)cccc43)nn12. The molecule has 20 heteroatoms. The second-order valence-corrected chi connectivity index (χ2v) is 18.4. The van der Waals surface area contributed by atoms with Crippen molar-refractivity contribution in [3.63, 3.8) is 0 Å². The number of likely N-dealkylation sites (tertiary alicyclic amines) is 2. The number of hydrogen-bond donors (Lipinski definition) is 3. The Bertz CT molecular complexity index is 2850. The van der Waals surface area contributed by atoms with Gasteiger partial charge in [-0.2, -0.15) is 0 Å². The fraction of sp³-hybridized carbons (Fsp3) is 0.426. The molecule has 4 aliphatic heterocycles. The Morgan fingerprint density at radius 3 is 2.51 bits per heavy atom. The van der Waals surface area contributed by atoms with Gasteiger partial charge < -0.3 is 25.2 Å². The van der Waals surface area contributed by atoms with Crippen molar-refractivity contribution in [3.05, 3.63) is 93.6 Å². The number of nitrogens with one attached hydrogen (secondary N) is 3. The molecule has 1 spiro atoms. The molecule has 3 aromatic heterocycles. The minimum atomic E-state index is -3.21. The summed E-state index contributed by atoms with van der Waals surface area (Å²) in [7, 11) is 1.78. The van der Waals surface area contributed by atoms with Gasteiger partial charge in [0.15, 0.2) is 17.2 Å². The number of ether oxygens (including phenoxy) is 1. The molecule has 3 saturated heterocycles. The third-order valence-corrected chi connectivity index (χ3v) is 14.4. The zero-order valence-corrected chi connectivity index (χ0v) is 37.9. The first-order valence-electron chi connectivity index (χ1n) is 22.5. The Labute approximate surface area is 388 Å². The van der Waals surface area contributed by atoms with Gasteiger partial charge in [-0.25, -0.2) is 27.5 Å². The van der Waals surface area contributed by atoms with Crippen LogP contribution in [0.3, 0.4) is 0 Å². The number of aryl methyl sites for hydroxylation is 1. The normalized spacial score (nSPS) is 21.0. The van der Waals surface area contributed by atoms with E-state index < -0.39 is 41.5 Å². The molecule has 10 rings (SSSR count). The van der Waals surface area contributed by atoms with E-state index in [1.54, 1.807) is 24.7 Å². The number of urea groups is 1. The number of pyridine rings is 1. The number of carbonyl (C=O) groups excluding carboxylic acids is 4. The van der Waals surface area contributed by atoms with Gasteiger partial charge in [0.05, 0.1) is 46.7 Å². The van der Waals surface area contributed by atoms with Crippen LogP contribution in [0.15, 0.2) is 54.9 Å². The number of rotatable bonds is 11. The molecule has 5 amide bonds. The van der Waals surface area contributed by atoms with Crippen LogP contribution in [-0.4, -0.2) is 124 Å². The molecule has 67 heavy (non-hydrogen) atoms. The van der Waals surface area contributed by atoms with Gasteiger partial charge in [0, 0.05) is 88.4 Å². The fourth-order valence-corrected chi connectivity index (χ4v) is 10.4. The molecule has 16 nitrogen and oxygen atoms in total. The number of aromatic nitrogens is 4. The number of piperidine rings is 1. The molecule has 2 aromatic carbocycles. The van der Waals surface area contributed by atoms with Crippen LogP contribution < -0.4 is 25.8 Å². The highest BCUT2D eigenvalue weighted by molar-refractivity contribution is 6.35. The average Bonchev–Trinajstić information content (AvgIpc) is 3.93. The van der Waals surface area contributed by atoms with Crippen LogP contribution in [0.5, 0.6) is 0 Å². The first kappa shape index (κ1) is 44.5. The second kappa shape index (κ2) is 17.1. The number of benzene rings is 2. The second-order valence-electron chi connectivity index (χ2n) is 18.1. The number of hydrogen-bond acceptors (Lipinski definition) is 11. The number of halogens is 4. The molecule has 5 aliphatic rings. The van der Waals surface area contributed by atoms with E-state index in [1.165, 1.54) is 29.3 Å². The molecule has 350 valence electrons. The molecular formula is C47H49ClF3N11O5. The van der Waals surface area contributed by atoms with Crippen LogP contribution in [0.2, 0.25) is 5.02 Å². The molecule has 0 radical (unpaired) electrons. The summed E-state index contributed by atoms with van der Waals surface area (Å²) in [6.07, 6.45) is 5.49. The minimum Gasteiger partial charge on any atom is -0.385 e. The summed E-state index contributed by atoms with van der Waals surface area (Å²) >= 11 is 6.51. The van der Waals surface area contributed by atoms with E-state index in [4.69, 9.17) is 21.4 Å². The zero-order chi connectivity index (χ0) is 46.9. The van der Waals surface area contributed by atoms with Crippen molar-refractivity contribution in [3.8, 4) is 11.3 Å². The first-order valence-corrected chi connectivity index (χ1v) is 22.9. The van der Waals surface area contributed by atoms with Crippen molar-refractivity contribution >= 4 is 63.9 Å². The Morgan fingerprint density at radius 2 is 1.79 bits per heavy atom. The van der Waals surface area contributed by atoms with Crippen molar-refractivity contribution < 1.29 is 37.1 Å². The third-order valence-electron chi connectivity index (χ3n) is 13.9. The highest BCUT2D eigenvalue weighted by Gasteiger charge is 2.63. The van der Waals surface area contributed by atoms with Crippen LogP contribution in [0.4, 0.5) is 40.8 Å². The topological polar surface area (TPSA) is 170 Å². The summed E-state index contributed by atoms with van der Waals surface area (Å²) in [5, 5.41) is 13.6. The predicted molar refractivity (Wildman–Crippen MR) is 244 cm³/mol. The summed E-state index contributed by atoms with van der Waals surface area (Å²) in [5.41, 5.74) is 4.02. The third kappa shape index (κ3) is 7.79. The van der Waals surface area contributed by atoms with Gasteiger partial charge in [0.25, 0.3) is 17.7 Å². The molecule has 3 N–H and O–H groups in total. The van der Waals surface area contributed by atoms with Crippen LogP contribution in [0, 0.1) is 18.2 Å². The smallest absolute Gasteiger partial charge is 0.328 e. The predicted octanol–water partition coefficient (Wildman–Crippen LogP) is 6.36. The average molecular weight is 940 g/mol. The van der Waals surface area contributed by atoms with E-state index in [1.807, 2.05) is 41.0 Å². The van der Waals surface area contributed by atoms with Gasteiger partial charge in [-0.15, -0.1) is 5.10 Å². The number of fused-ring (bicyclic) bond motifs is 2. The van der Waals surface area contributed by atoms with E-state index in [0.717, 1.165) is 29.0 Å². The molecular weight excluding hydrogens is 891 g/mol. The highest BCUT2D eigenvalue weighted by atomic mass is 35.5. The van der Waals surface area contributed by atoms with Crippen molar-refractivity contribution in [1.29, 1.82) is 0 Å². The summed E-state index contributed by atoms with van der Waals surface area (Å²) in [4.78, 5) is 66.8. The fourth-order valence-electron chi connectivity index (χ4n) is 10.2. The number of amides is 5. The zero-order valence-electron chi connectivity index (χ0n) is 37.2. The number of imidazole rings is 1. The van der Waals surface area contributed by atoms with Crippen molar-refractivity contribution in [2.24, 2.45) is 5.41 Å². The molecule has 5 aromatic rings. The van der Waals surface area contributed by atoms with Gasteiger partial charge in [0.1, 0.15) is 11.5 Å². The van der Waals surface area contributed by atoms with E-state index in [-0.39, 0.29) is 85.6 Å². The standard InChI is InChI=1S/C47H49ClF3N11O5/c1-4-67-37-9-8-32(37)55-43(64)36-21-54-42-33(52-3)19-38(57-62(36)42)60-13-10-29-30(6-5-7-34(29)60)41-31(49)17-27(20-53-41)22-58-23-46(24-58)12-15-59(25-47(46,50)51)44(65)28-16-26(2)40(48)35(18-28)61-14-11-39(63)56-45(61)66/h5-7,16-21,32,37,52H,4,8-15,22-25H2,1-3H3,(H,55,64)(H,56,63,66)/t32?,37-/m1/s1. The summed E-state index contributed by atoms with van der Waals surface area (Å²) in [6, 6.07) is 11.1. The monoisotopic (exact) mass is 939 g/mol. The lowest BCUT2D eigenvalue weighted by Crippen LogP contribution is -2.70. The van der Waals surface area contributed by atoms with Gasteiger partial charge in [-0.3, -0.25) is 34.5 Å². The van der Waals surface area contributed by atoms with E-state index >= 15 is 13.2 Å². The molecule has 7 heterocycles. The Morgan fingerprint density at radius 1 is 0.985 bits per heavy atom. The lowest BCUT2D eigenvalue weighted by molar-refractivity contribution is -0.220. The minimum absolute atomic E-state index is 0.0193. The van der Waals surface area contributed by atoms with Crippen molar-refractivity contribution in [1.82, 2.24) is 40.0 Å². The van der Waals surface area contributed by atoms with Gasteiger partial charge in [0.2, 0.25) is 5.91 Å². The van der Waals surface area contributed by atoms with Crippen LogP contribution >= 0.6 is 11.6 Å². The number of carbonyl (C=O) groups is 4. The Balaban J connectivity index is 0.803. The largest absolute Gasteiger partial charge is 0.385 e. The lowest BCUT2D eigenvalue weighted by atomic mass is 9.69. The van der Waals surface area contributed by atoms with Gasteiger partial charge in [-0.1, -0.05) is 23.7 Å². The van der Waals surface area contributed by atoms with E-state index in [2.05, 4.69) is 25.9 Å². The van der Waals surface area contributed by atoms with Crippen LogP contribution in [0.25, 0.3) is 16.9 Å². The molecule has 1 unspecified atom stereocenters. The number of nitrogens with zero attached hydrogens (tertiary/aromatic N) is 8. The quantitative estimate of drug-likeness (QED) is 0.135.